The van der Waals surface area contributed by atoms with Gasteiger partial charge in [0.15, 0.2) is 0 Å². The molecule has 4 rings (SSSR count). The predicted octanol–water partition coefficient (Wildman–Crippen LogP) is 6.75. The monoisotopic (exact) mass is 629 g/mol. The highest BCUT2D eigenvalue weighted by molar-refractivity contribution is 7.92. The minimum Gasteiger partial charge on any atom is -0.352 e. The van der Waals surface area contributed by atoms with Crippen molar-refractivity contribution < 1.29 is 18.0 Å². The van der Waals surface area contributed by atoms with Gasteiger partial charge < -0.3 is 10.2 Å². The zero-order chi connectivity index (χ0) is 30.3. The molecule has 0 unspecified atom stereocenters. The van der Waals surface area contributed by atoms with E-state index in [1.165, 1.54) is 17.0 Å². The first-order valence-electron chi connectivity index (χ1n) is 14.3. The van der Waals surface area contributed by atoms with Gasteiger partial charge in [-0.1, -0.05) is 97.4 Å². The Morgan fingerprint density at radius 3 is 2.14 bits per heavy atom. The van der Waals surface area contributed by atoms with Gasteiger partial charge in [-0.25, -0.2) is 8.42 Å². The molecule has 10 heteroatoms. The fourth-order valence-electron chi connectivity index (χ4n) is 5.28. The van der Waals surface area contributed by atoms with Crippen LogP contribution < -0.4 is 9.62 Å². The number of hydrogen-bond acceptors (Lipinski definition) is 4. The van der Waals surface area contributed by atoms with Crippen LogP contribution in [-0.2, 0) is 26.2 Å². The van der Waals surface area contributed by atoms with E-state index >= 15 is 0 Å². The fourth-order valence-corrected chi connectivity index (χ4v) is 7.20. The number of nitrogens with one attached hydrogen (secondary N) is 1. The lowest BCUT2D eigenvalue weighted by molar-refractivity contribution is -0.140. The minimum absolute atomic E-state index is 0.0283. The molecule has 1 fully saturated rings. The Labute approximate surface area is 258 Å². The van der Waals surface area contributed by atoms with Crippen LogP contribution in [-0.4, -0.2) is 43.8 Å². The van der Waals surface area contributed by atoms with E-state index in [4.69, 9.17) is 23.2 Å². The van der Waals surface area contributed by atoms with Crippen molar-refractivity contribution in [3.63, 3.8) is 0 Å². The zero-order valence-corrected chi connectivity index (χ0v) is 26.3. The molecular weight excluding hydrogens is 593 g/mol. The van der Waals surface area contributed by atoms with E-state index in [0.717, 1.165) is 42.0 Å². The van der Waals surface area contributed by atoms with Crippen LogP contribution in [0.3, 0.4) is 0 Å². The highest BCUT2D eigenvalue weighted by Crippen LogP contribution is 2.31. The molecule has 0 bridgehead atoms. The summed E-state index contributed by atoms with van der Waals surface area (Å²) in [4.78, 5) is 29.3. The summed E-state index contributed by atoms with van der Waals surface area (Å²) in [6, 6.07) is 19.3. The van der Waals surface area contributed by atoms with E-state index in [9.17, 15) is 18.0 Å². The molecule has 1 aliphatic carbocycles. The molecule has 0 aromatic heterocycles. The summed E-state index contributed by atoms with van der Waals surface area (Å²) >= 11 is 13.0. The van der Waals surface area contributed by atoms with Crippen molar-refractivity contribution in [3.05, 3.63) is 94.0 Å². The molecule has 7 nitrogen and oxygen atoms in total. The maximum absolute atomic E-state index is 14.2. The second kappa shape index (κ2) is 14.4. The summed E-state index contributed by atoms with van der Waals surface area (Å²) in [6.45, 7) is 3.18. The number of halogens is 2. The summed E-state index contributed by atoms with van der Waals surface area (Å²) < 4.78 is 29.0. The molecule has 0 radical (unpaired) electrons. The Morgan fingerprint density at radius 1 is 0.905 bits per heavy atom. The maximum Gasteiger partial charge on any atom is 0.264 e. The first-order valence-corrected chi connectivity index (χ1v) is 16.5. The average Bonchev–Trinajstić information content (AvgIpc) is 2.98. The van der Waals surface area contributed by atoms with Gasteiger partial charge in [-0.15, -0.1) is 0 Å². The Balaban J connectivity index is 1.72. The topological polar surface area (TPSA) is 86.8 Å². The SMILES string of the molecule is CC[C@H](C(=O)NC1CCCCC1)N(Cc1ccccc1Cl)C(=O)CN(c1ccccc1Cl)S(=O)(=O)c1ccc(C)cc1. The van der Waals surface area contributed by atoms with Crippen LogP contribution in [0.4, 0.5) is 5.69 Å². The van der Waals surface area contributed by atoms with Gasteiger partial charge in [0.25, 0.3) is 10.0 Å². The lowest BCUT2D eigenvalue weighted by atomic mass is 9.95. The Hall–Kier alpha value is -3.07. The molecule has 3 aromatic carbocycles. The Morgan fingerprint density at radius 2 is 1.52 bits per heavy atom. The van der Waals surface area contributed by atoms with Crippen LogP contribution in [0.25, 0.3) is 0 Å². The van der Waals surface area contributed by atoms with Crippen molar-refractivity contribution in [1.82, 2.24) is 10.2 Å². The number of amides is 2. The number of anilines is 1. The second-order valence-electron chi connectivity index (χ2n) is 10.7. The maximum atomic E-state index is 14.2. The minimum atomic E-state index is -4.20. The van der Waals surface area contributed by atoms with Crippen LogP contribution in [0.1, 0.15) is 56.6 Å². The van der Waals surface area contributed by atoms with Crippen LogP contribution in [0.15, 0.2) is 77.7 Å². The number of para-hydroxylation sites is 1. The number of rotatable bonds is 11. The van der Waals surface area contributed by atoms with Crippen LogP contribution in [0.5, 0.6) is 0 Å². The van der Waals surface area contributed by atoms with Gasteiger partial charge in [-0.3, -0.25) is 13.9 Å². The highest BCUT2D eigenvalue weighted by atomic mass is 35.5. The van der Waals surface area contributed by atoms with Gasteiger partial charge in [0.1, 0.15) is 12.6 Å². The van der Waals surface area contributed by atoms with E-state index in [1.54, 1.807) is 54.6 Å². The molecule has 3 aromatic rings. The van der Waals surface area contributed by atoms with E-state index in [0.29, 0.717) is 17.0 Å². The number of aryl methyl sites for hydroxylation is 1. The van der Waals surface area contributed by atoms with E-state index in [2.05, 4.69) is 5.32 Å². The number of hydrogen-bond donors (Lipinski definition) is 1. The van der Waals surface area contributed by atoms with Crippen LogP contribution in [0.2, 0.25) is 10.0 Å². The van der Waals surface area contributed by atoms with Crippen molar-refractivity contribution in [2.24, 2.45) is 0 Å². The molecule has 1 aliphatic rings. The normalized spacial score (nSPS) is 14.7. The number of carbonyl (C=O) groups is 2. The second-order valence-corrected chi connectivity index (χ2v) is 13.3. The van der Waals surface area contributed by atoms with Gasteiger partial charge in [0.2, 0.25) is 11.8 Å². The van der Waals surface area contributed by atoms with Gasteiger partial charge >= 0.3 is 0 Å². The molecule has 42 heavy (non-hydrogen) atoms. The molecule has 0 heterocycles. The Bertz CT molecular complexity index is 1490. The van der Waals surface area contributed by atoms with Gasteiger partial charge in [0, 0.05) is 17.6 Å². The van der Waals surface area contributed by atoms with Crippen molar-refractivity contribution in [2.75, 3.05) is 10.8 Å². The zero-order valence-electron chi connectivity index (χ0n) is 23.9. The molecule has 1 N–H and O–H groups in total. The summed E-state index contributed by atoms with van der Waals surface area (Å²) in [7, 11) is -4.20. The largest absolute Gasteiger partial charge is 0.352 e. The third-order valence-corrected chi connectivity index (χ3v) is 10.1. The summed E-state index contributed by atoms with van der Waals surface area (Å²) in [6.07, 6.45) is 5.38. The van der Waals surface area contributed by atoms with E-state index < -0.39 is 28.5 Å². The molecular formula is C32H37Cl2N3O4S. The lowest BCUT2D eigenvalue weighted by Gasteiger charge is -2.34. The molecule has 0 spiro atoms. The van der Waals surface area contributed by atoms with Crippen LogP contribution in [0, 0.1) is 6.92 Å². The summed E-state index contributed by atoms with van der Waals surface area (Å²) in [5.74, 6) is -0.799. The highest BCUT2D eigenvalue weighted by Gasteiger charge is 2.35. The molecule has 0 saturated heterocycles. The first-order chi connectivity index (χ1) is 20.1. The summed E-state index contributed by atoms with van der Waals surface area (Å²) in [5.41, 5.74) is 1.72. The molecule has 2 amide bonds. The van der Waals surface area contributed by atoms with Crippen molar-refractivity contribution in [3.8, 4) is 0 Å². The third kappa shape index (κ3) is 7.65. The predicted molar refractivity (Wildman–Crippen MR) is 168 cm³/mol. The van der Waals surface area contributed by atoms with E-state index in [1.807, 2.05) is 19.9 Å². The Kier molecular flexibility index (Phi) is 10.9. The lowest BCUT2D eigenvalue weighted by Crippen LogP contribution is -2.54. The fraction of sp³-hybridized carbons (Fsp3) is 0.375. The van der Waals surface area contributed by atoms with Gasteiger partial charge in [0.05, 0.1) is 15.6 Å². The first kappa shape index (κ1) is 31.9. The van der Waals surface area contributed by atoms with E-state index in [-0.39, 0.29) is 34.1 Å². The third-order valence-electron chi connectivity index (χ3n) is 7.64. The molecule has 1 saturated carbocycles. The van der Waals surface area contributed by atoms with Crippen molar-refractivity contribution >= 4 is 50.7 Å². The quantitative estimate of drug-likeness (QED) is 0.254. The molecule has 224 valence electrons. The number of carbonyl (C=O) groups excluding carboxylic acids is 2. The number of sulfonamides is 1. The number of nitrogens with zero attached hydrogens (tertiary/aromatic N) is 2. The van der Waals surface area contributed by atoms with Gasteiger partial charge in [-0.2, -0.15) is 0 Å². The van der Waals surface area contributed by atoms with Crippen molar-refractivity contribution in [1.29, 1.82) is 0 Å². The van der Waals surface area contributed by atoms with Crippen LogP contribution >= 0.6 is 23.2 Å². The van der Waals surface area contributed by atoms with Crippen molar-refractivity contribution in [2.45, 2.75) is 75.9 Å². The summed E-state index contributed by atoms with van der Waals surface area (Å²) in [5, 5.41) is 3.78. The van der Waals surface area contributed by atoms with Gasteiger partial charge in [-0.05, 0) is 62.1 Å². The standard InChI is InChI=1S/C32H37Cl2N3O4S/c1-3-29(32(39)35-25-12-5-4-6-13-25)36(21-24-11-7-8-14-27(24)33)31(38)22-37(30-16-10-9-15-28(30)34)42(40,41)26-19-17-23(2)18-20-26/h7-11,14-20,25,29H,3-6,12-13,21-22H2,1-2H3,(H,35,39)/t29-/m1/s1. The smallest absolute Gasteiger partial charge is 0.264 e. The number of benzene rings is 3. The molecule has 0 aliphatic heterocycles. The molecule has 1 atom stereocenters. The average molecular weight is 631 g/mol.